The highest BCUT2D eigenvalue weighted by molar-refractivity contribution is 4.79. The van der Waals surface area contributed by atoms with E-state index in [4.69, 9.17) is 5.73 Å². The Bertz CT molecular complexity index is 138. The second-order valence-corrected chi connectivity index (χ2v) is 4.18. The van der Waals surface area contributed by atoms with Gasteiger partial charge in [-0.2, -0.15) is 0 Å². The lowest BCUT2D eigenvalue weighted by Gasteiger charge is -2.23. The summed E-state index contributed by atoms with van der Waals surface area (Å²) in [7, 11) is 4.44. The van der Waals surface area contributed by atoms with Gasteiger partial charge in [0.1, 0.15) is 0 Å². The van der Waals surface area contributed by atoms with Crippen LogP contribution in [0.5, 0.6) is 0 Å². The zero-order chi connectivity index (χ0) is 9.68. The van der Waals surface area contributed by atoms with Crippen LogP contribution in [0.1, 0.15) is 19.3 Å². The Morgan fingerprint density at radius 2 is 2.23 bits per heavy atom. The molecule has 0 aromatic carbocycles. The number of likely N-dealkylation sites (tertiary alicyclic amines) is 1. The fourth-order valence-corrected chi connectivity index (χ4v) is 1.96. The topological polar surface area (TPSA) is 32.5 Å². The maximum absolute atomic E-state index is 5.46. The van der Waals surface area contributed by atoms with Crippen molar-refractivity contribution in [1.29, 1.82) is 0 Å². The fourth-order valence-electron chi connectivity index (χ4n) is 1.96. The molecule has 3 nitrogen and oxygen atoms in total. The van der Waals surface area contributed by atoms with E-state index in [-0.39, 0.29) is 0 Å². The Morgan fingerprint density at radius 3 is 2.77 bits per heavy atom. The first-order chi connectivity index (χ1) is 6.24. The maximum Gasteiger partial charge on any atom is 0.0232 e. The van der Waals surface area contributed by atoms with Crippen LogP contribution < -0.4 is 5.73 Å². The van der Waals surface area contributed by atoms with Gasteiger partial charge >= 0.3 is 0 Å². The standard InChI is InChI=1S/C10H23N3/c1-12-8-5-10(9-12)13(2)7-4-3-6-11/h10H,3-9,11H2,1-2H3. The van der Waals surface area contributed by atoms with Crippen LogP contribution in [0.15, 0.2) is 0 Å². The van der Waals surface area contributed by atoms with Gasteiger partial charge in [-0.15, -0.1) is 0 Å². The third-order valence-corrected chi connectivity index (χ3v) is 2.95. The normalized spacial score (nSPS) is 24.5. The van der Waals surface area contributed by atoms with Gasteiger partial charge < -0.3 is 15.5 Å². The molecule has 1 aliphatic rings. The summed E-state index contributed by atoms with van der Waals surface area (Å²) in [6, 6.07) is 0.780. The minimum absolute atomic E-state index is 0.780. The Hall–Kier alpha value is -0.120. The molecule has 1 rings (SSSR count). The van der Waals surface area contributed by atoms with Crippen LogP contribution >= 0.6 is 0 Å². The van der Waals surface area contributed by atoms with Crippen LogP contribution in [-0.4, -0.2) is 56.1 Å². The number of rotatable bonds is 5. The molecule has 2 N–H and O–H groups in total. The SMILES string of the molecule is CN1CCC(N(C)CCCCN)C1. The van der Waals surface area contributed by atoms with Gasteiger partial charge in [-0.05, 0) is 53.0 Å². The summed E-state index contributed by atoms with van der Waals surface area (Å²) in [6.45, 7) is 4.53. The second kappa shape index (κ2) is 5.58. The smallest absolute Gasteiger partial charge is 0.0232 e. The molecule has 0 aliphatic carbocycles. The molecule has 0 saturated carbocycles. The van der Waals surface area contributed by atoms with Crippen LogP contribution in [0.2, 0.25) is 0 Å². The summed E-state index contributed by atoms with van der Waals surface area (Å²) in [5.74, 6) is 0. The Balaban J connectivity index is 2.12. The predicted molar refractivity (Wildman–Crippen MR) is 56.8 cm³/mol. The number of hydrogen-bond acceptors (Lipinski definition) is 3. The van der Waals surface area contributed by atoms with Gasteiger partial charge in [-0.25, -0.2) is 0 Å². The van der Waals surface area contributed by atoms with Crippen molar-refractivity contribution in [3.05, 3.63) is 0 Å². The number of nitrogens with zero attached hydrogens (tertiary/aromatic N) is 2. The van der Waals surface area contributed by atoms with Crippen molar-refractivity contribution in [2.45, 2.75) is 25.3 Å². The first kappa shape index (κ1) is 11.0. The second-order valence-electron chi connectivity index (χ2n) is 4.18. The lowest BCUT2D eigenvalue weighted by Crippen LogP contribution is -2.34. The van der Waals surface area contributed by atoms with Crippen LogP contribution in [0, 0.1) is 0 Å². The minimum atomic E-state index is 0.780. The van der Waals surface area contributed by atoms with Crippen molar-refractivity contribution in [3.8, 4) is 0 Å². The van der Waals surface area contributed by atoms with E-state index in [0.29, 0.717) is 0 Å². The molecule has 1 fully saturated rings. The zero-order valence-electron chi connectivity index (χ0n) is 9.00. The van der Waals surface area contributed by atoms with Crippen LogP contribution in [0.3, 0.4) is 0 Å². The predicted octanol–water partition coefficient (Wildman–Crippen LogP) is 0.361. The summed E-state index contributed by atoms with van der Waals surface area (Å²) in [5, 5.41) is 0. The van der Waals surface area contributed by atoms with Crippen LogP contribution in [-0.2, 0) is 0 Å². The molecule has 0 radical (unpaired) electrons. The lowest BCUT2D eigenvalue weighted by molar-refractivity contribution is 0.238. The maximum atomic E-state index is 5.46. The molecule has 1 saturated heterocycles. The number of nitrogens with two attached hydrogens (primary N) is 1. The van der Waals surface area contributed by atoms with Gasteiger partial charge in [-0.1, -0.05) is 0 Å². The quantitative estimate of drug-likeness (QED) is 0.628. The molecular formula is C10H23N3. The summed E-state index contributed by atoms with van der Waals surface area (Å²) in [4.78, 5) is 4.89. The number of unbranched alkanes of at least 4 members (excludes halogenated alkanes) is 1. The summed E-state index contributed by atoms with van der Waals surface area (Å²) in [6.07, 6.45) is 3.73. The van der Waals surface area contributed by atoms with Crippen molar-refractivity contribution >= 4 is 0 Å². The van der Waals surface area contributed by atoms with E-state index >= 15 is 0 Å². The molecule has 1 aliphatic heterocycles. The van der Waals surface area contributed by atoms with Crippen molar-refractivity contribution in [1.82, 2.24) is 9.80 Å². The summed E-state index contributed by atoms with van der Waals surface area (Å²) in [5.41, 5.74) is 5.46. The molecule has 0 bridgehead atoms. The molecule has 3 heteroatoms. The first-order valence-electron chi connectivity index (χ1n) is 5.33. The van der Waals surface area contributed by atoms with Gasteiger partial charge in [0.25, 0.3) is 0 Å². The van der Waals surface area contributed by atoms with E-state index in [1.54, 1.807) is 0 Å². The number of hydrogen-bond donors (Lipinski definition) is 1. The Labute approximate surface area is 81.9 Å². The van der Waals surface area contributed by atoms with E-state index < -0.39 is 0 Å². The van der Waals surface area contributed by atoms with Gasteiger partial charge in [0.05, 0.1) is 0 Å². The van der Waals surface area contributed by atoms with Crippen LogP contribution in [0.25, 0.3) is 0 Å². The van der Waals surface area contributed by atoms with Gasteiger partial charge in [0, 0.05) is 12.6 Å². The van der Waals surface area contributed by atoms with Gasteiger partial charge in [-0.3, -0.25) is 0 Å². The molecule has 1 unspecified atom stereocenters. The van der Waals surface area contributed by atoms with Crippen LogP contribution in [0.4, 0.5) is 0 Å². The summed E-state index contributed by atoms with van der Waals surface area (Å²) >= 11 is 0. The zero-order valence-corrected chi connectivity index (χ0v) is 9.00. The molecule has 0 amide bonds. The molecule has 1 atom stereocenters. The molecule has 13 heavy (non-hydrogen) atoms. The third kappa shape index (κ3) is 3.63. The van der Waals surface area contributed by atoms with E-state index in [9.17, 15) is 0 Å². The average molecular weight is 185 g/mol. The fraction of sp³-hybridized carbons (Fsp3) is 1.00. The highest BCUT2D eigenvalue weighted by Crippen LogP contribution is 2.12. The van der Waals surface area contributed by atoms with E-state index in [0.717, 1.165) is 19.0 Å². The highest BCUT2D eigenvalue weighted by Gasteiger charge is 2.22. The van der Waals surface area contributed by atoms with Crippen molar-refractivity contribution in [3.63, 3.8) is 0 Å². The largest absolute Gasteiger partial charge is 0.330 e. The van der Waals surface area contributed by atoms with Crippen molar-refractivity contribution in [2.24, 2.45) is 5.73 Å². The monoisotopic (exact) mass is 185 g/mol. The lowest BCUT2D eigenvalue weighted by atomic mass is 10.2. The molecule has 0 aromatic rings. The van der Waals surface area contributed by atoms with Crippen molar-refractivity contribution < 1.29 is 0 Å². The molecule has 1 heterocycles. The summed E-state index contributed by atoms with van der Waals surface area (Å²) < 4.78 is 0. The molecule has 0 aromatic heterocycles. The highest BCUT2D eigenvalue weighted by atomic mass is 15.2. The average Bonchev–Trinajstić information content (AvgIpc) is 2.52. The number of likely N-dealkylation sites (N-methyl/N-ethyl adjacent to an activating group) is 2. The van der Waals surface area contributed by atoms with Gasteiger partial charge in [0.15, 0.2) is 0 Å². The van der Waals surface area contributed by atoms with E-state index in [2.05, 4.69) is 23.9 Å². The van der Waals surface area contributed by atoms with Gasteiger partial charge in [0.2, 0.25) is 0 Å². The van der Waals surface area contributed by atoms with E-state index in [1.807, 2.05) is 0 Å². The first-order valence-corrected chi connectivity index (χ1v) is 5.33. The van der Waals surface area contributed by atoms with E-state index in [1.165, 1.54) is 32.5 Å². The third-order valence-electron chi connectivity index (χ3n) is 2.95. The minimum Gasteiger partial charge on any atom is -0.330 e. The Kier molecular flexibility index (Phi) is 4.70. The van der Waals surface area contributed by atoms with Crippen molar-refractivity contribution in [2.75, 3.05) is 40.3 Å². The molecular weight excluding hydrogens is 162 g/mol. The molecule has 78 valence electrons. The Morgan fingerprint density at radius 1 is 1.46 bits per heavy atom. The molecule has 0 spiro atoms.